The molecule has 0 aliphatic carbocycles. The van der Waals surface area contributed by atoms with Crippen molar-refractivity contribution in [3.05, 3.63) is 47.3 Å². The zero-order chi connectivity index (χ0) is 21.2. The van der Waals surface area contributed by atoms with Gasteiger partial charge in [-0.15, -0.1) is 0 Å². The van der Waals surface area contributed by atoms with E-state index in [1.165, 1.54) is 6.42 Å². The number of nitrogens with one attached hydrogen (secondary N) is 2. The van der Waals surface area contributed by atoms with Crippen LogP contribution >= 0.6 is 0 Å². The topological polar surface area (TPSA) is 57.5 Å². The van der Waals surface area contributed by atoms with Gasteiger partial charge in [0.15, 0.2) is 5.96 Å². The first-order valence-corrected chi connectivity index (χ1v) is 10.8. The Morgan fingerprint density at radius 2 is 1.93 bits per heavy atom. The molecule has 0 amide bonds. The average Bonchev–Trinajstić information content (AvgIpc) is 3.03. The molecule has 2 aromatic rings. The Labute approximate surface area is 176 Å². The number of benzene rings is 1. The average molecular weight is 399 g/mol. The molecule has 0 aliphatic heterocycles. The van der Waals surface area contributed by atoms with Gasteiger partial charge in [0.2, 0.25) is 0 Å². The van der Waals surface area contributed by atoms with Crippen molar-refractivity contribution in [3.8, 4) is 5.69 Å². The minimum Gasteiger partial charge on any atom is -0.357 e. The molecular formula is C23H38N6. The second-order valence-electron chi connectivity index (χ2n) is 7.87. The molecule has 29 heavy (non-hydrogen) atoms. The van der Waals surface area contributed by atoms with Gasteiger partial charge >= 0.3 is 0 Å². The summed E-state index contributed by atoms with van der Waals surface area (Å²) in [7, 11) is 2.18. The zero-order valence-corrected chi connectivity index (χ0v) is 19.0. The monoisotopic (exact) mass is 398 g/mol. The molecule has 2 rings (SSSR count). The molecule has 0 bridgehead atoms. The highest BCUT2D eigenvalue weighted by molar-refractivity contribution is 5.79. The molecule has 1 aromatic heterocycles. The number of guanidine groups is 1. The number of unbranched alkanes of at least 4 members (excludes halogenated alkanes) is 1. The number of rotatable bonds is 10. The number of para-hydroxylation sites is 1. The standard InChI is InChI=1S/C23H38N6/c1-7-24-23(25-14-10-11-15-28(6)18(2)3)26-17-21-12-8-9-13-22(21)29-20(5)16-19(4)27-29/h8-9,12-13,16,18H,7,10-11,14-15,17H2,1-6H3,(H2,24,25,26). The first-order chi connectivity index (χ1) is 13.9. The molecule has 160 valence electrons. The highest BCUT2D eigenvalue weighted by Crippen LogP contribution is 2.17. The second kappa shape index (κ2) is 11.6. The molecule has 2 N–H and O–H groups in total. The third kappa shape index (κ3) is 7.20. The molecule has 0 atom stereocenters. The highest BCUT2D eigenvalue weighted by atomic mass is 15.3. The fraction of sp³-hybridized carbons (Fsp3) is 0.565. The molecule has 1 aromatic carbocycles. The Hall–Kier alpha value is -2.34. The van der Waals surface area contributed by atoms with Gasteiger partial charge in [-0.25, -0.2) is 9.67 Å². The van der Waals surface area contributed by atoms with E-state index in [0.717, 1.165) is 54.7 Å². The van der Waals surface area contributed by atoms with Crippen molar-refractivity contribution in [3.63, 3.8) is 0 Å². The van der Waals surface area contributed by atoms with Gasteiger partial charge in [-0.3, -0.25) is 0 Å². The summed E-state index contributed by atoms with van der Waals surface area (Å²) in [4.78, 5) is 7.19. The van der Waals surface area contributed by atoms with Crippen LogP contribution in [0.25, 0.3) is 5.69 Å². The maximum absolute atomic E-state index is 4.81. The third-order valence-corrected chi connectivity index (χ3v) is 5.09. The lowest BCUT2D eigenvalue weighted by molar-refractivity contribution is 0.268. The van der Waals surface area contributed by atoms with E-state index in [0.29, 0.717) is 12.6 Å². The van der Waals surface area contributed by atoms with Crippen LogP contribution in [0.15, 0.2) is 35.3 Å². The number of aromatic nitrogens is 2. The first-order valence-electron chi connectivity index (χ1n) is 10.8. The van der Waals surface area contributed by atoms with E-state index >= 15 is 0 Å². The fourth-order valence-electron chi connectivity index (χ4n) is 3.18. The maximum atomic E-state index is 4.81. The van der Waals surface area contributed by atoms with E-state index in [-0.39, 0.29) is 0 Å². The first kappa shape index (κ1) is 22.9. The lowest BCUT2D eigenvalue weighted by Gasteiger charge is -2.20. The number of hydrogen-bond donors (Lipinski definition) is 2. The third-order valence-electron chi connectivity index (χ3n) is 5.09. The van der Waals surface area contributed by atoms with Crippen LogP contribution in [0.5, 0.6) is 0 Å². The summed E-state index contributed by atoms with van der Waals surface area (Å²) in [5, 5.41) is 11.5. The second-order valence-corrected chi connectivity index (χ2v) is 7.87. The lowest BCUT2D eigenvalue weighted by Crippen LogP contribution is -2.38. The Balaban J connectivity index is 1.97. The molecule has 0 unspecified atom stereocenters. The maximum Gasteiger partial charge on any atom is 0.191 e. The molecule has 0 saturated heterocycles. The van der Waals surface area contributed by atoms with Crippen molar-refractivity contribution in [1.82, 2.24) is 25.3 Å². The van der Waals surface area contributed by atoms with E-state index in [2.05, 4.69) is 85.7 Å². The predicted octanol–water partition coefficient (Wildman–Crippen LogP) is 3.66. The summed E-state index contributed by atoms with van der Waals surface area (Å²) in [5.74, 6) is 0.868. The largest absolute Gasteiger partial charge is 0.357 e. The van der Waals surface area contributed by atoms with E-state index in [9.17, 15) is 0 Å². The van der Waals surface area contributed by atoms with E-state index in [4.69, 9.17) is 4.99 Å². The van der Waals surface area contributed by atoms with Crippen molar-refractivity contribution in [2.45, 2.75) is 60.0 Å². The van der Waals surface area contributed by atoms with E-state index in [1.807, 2.05) is 11.6 Å². The van der Waals surface area contributed by atoms with Crippen molar-refractivity contribution in [2.24, 2.45) is 4.99 Å². The summed E-state index contributed by atoms with van der Waals surface area (Å²) >= 11 is 0. The molecule has 6 nitrogen and oxygen atoms in total. The molecule has 6 heteroatoms. The predicted molar refractivity (Wildman–Crippen MR) is 123 cm³/mol. The summed E-state index contributed by atoms with van der Waals surface area (Å²) < 4.78 is 2.01. The number of hydrogen-bond acceptors (Lipinski definition) is 3. The summed E-state index contributed by atoms with van der Waals surface area (Å²) in [6.07, 6.45) is 2.31. The smallest absolute Gasteiger partial charge is 0.191 e. The van der Waals surface area contributed by atoms with Gasteiger partial charge in [0, 0.05) is 24.8 Å². The van der Waals surface area contributed by atoms with Gasteiger partial charge in [-0.05, 0) is 78.7 Å². The Morgan fingerprint density at radius 1 is 1.17 bits per heavy atom. The van der Waals surface area contributed by atoms with Crippen LogP contribution in [0.4, 0.5) is 0 Å². The molecule has 0 saturated carbocycles. The Bertz CT molecular complexity index is 777. The Morgan fingerprint density at radius 3 is 2.59 bits per heavy atom. The summed E-state index contributed by atoms with van der Waals surface area (Å²) in [6, 6.07) is 11.0. The molecule has 0 fully saturated rings. The molecule has 0 aliphatic rings. The summed E-state index contributed by atoms with van der Waals surface area (Å²) in [6.45, 7) is 14.2. The van der Waals surface area contributed by atoms with E-state index in [1.54, 1.807) is 0 Å². The number of aliphatic imine (C=N–C) groups is 1. The fourth-order valence-corrected chi connectivity index (χ4v) is 3.18. The SMILES string of the molecule is CCNC(=NCc1ccccc1-n1nc(C)cc1C)NCCCCN(C)C(C)C. The van der Waals surface area contributed by atoms with Crippen LogP contribution < -0.4 is 10.6 Å². The highest BCUT2D eigenvalue weighted by Gasteiger charge is 2.09. The molecule has 0 spiro atoms. The van der Waals surface area contributed by atoms with E-state index < -0.39 is 0 Å². The van der Waals surface area contributed by atoms with Crippen LogP contribution in [-0.4, -0.2) is 53.4 Å². The van der Waals surface area contributed by atoms with Crippen molar-refractivity contribution in [1.29, 1.82) is 0 Å². The summed E-state index contributed by atoms with van der Waals surface area (Å²) in [5.41, 5.74) is 4.41. The Kier molecular flexibility index (Phi) is 9.19. The molecule has 0 radical (unpaired) electrons. The number of aryl methyl sites for hydroxylation is 2. The minimum atomic E-state index is 0.601. The quantitative estimate of drug-likeness (QED) is 0.364. The van der Waals surface area contributed by atoms with Gasteiger partial charge < -0.3 is 15.5 Å². The molecule has 1 heterocycles. The van der Waals surface area contributed by atoms with Crippen LogP contribution in [0.1, 0.15) is 50.6 Å². The zero-order valence-electron chi connectivity index (χ0n) is 19.0. The van der Waals surface area contributed by atoms with Gasteiger partial charge in [0.25, 0.3) is 0 Å². The minimum absolute atomic E-state index is 0.601. The molecular weight excluding hydrogens is 360 g/mol. The van der Waals surface area contributed by atoms with Gasteiger partial charge in [-0.2, -0.15) is 5.10 Å². The number of nitrogens with zero attached hydrogens (tertiary/aromatic N) is 4. The normalized spacial score (nSPS) is 12.1. The van der Waals surface area contributed by atoms with Crippen LogP contribution in [0, 0.1) is 13.8 Å². The van der Waals surface area contributed by atoms with Crippen molar-refractivity contribution >= 4 is 5.96 Å². The van der Waals surface area contributed by atoms with Gasteiger partial charge in [-0.1, -0.05) is 18.2 Å². The van der Waals surface area contributed by atoms with Gasteiger partial charge in [0.05, 0.1) is 17.9 Å². The van der Waals surface area contributed by atoms with Crippen LogP contribution in [0.2, 0.25) is 0 Å². The van der Waals surface area contributed by atoms with Gasteiger partial charge in [0.1, 0.15) is 0 Å². The lowest BCUT2D eigenvalue weighted by atomic mass is 10.2. The van der Waals surface area contributed by atoms with Crippen LogP contribution in [0.3, 0.4) is 0 Å². The van der Waals surface area contributed by atoms with Crippen molar-refractivity contribution < 1.29 is 0 Å². The van der Waals surface area contributed by atoms with Crippen LogP contribution in [-0.2, 0) is 6.54 Å². The van der Waals surface area contributed by atoms with Crippen molar-refractivity contribution in [2.75, 3.05) is 26.7 Å².